The zero-order valence-electron chi connectivity index (χ0n) is 18.2. The van der Waals surface area contributed by atoms with Gasteiger partial charge in [-0.25, -0.2) is 9.97 Å². The standard InChI is InChI=1S/C26H25N5O/c1-3-4-18-5-7-19(8-6-18)23-16-30-26(27)25(31-23)24(32)14-21-15-28-11-10-22(21)20-9-12-29-17(2)13-20/h5-13,15-16H,3-4,14H2,1-2H3,(H2,27,30). The van der Waals surface area contributed by atoms with Gasteiger partial charge in [0.1, 0.15) is 5.69 Å². The van der Waals surface area contributed by atoms with E-state index in [-0.39, 0.29) is 23.7 Å². The maximum atomic E-state index is 13.2. The van der Waals surface area contributed by atoms with Gasteiger partial charge in [0.05, 0.1) is 11.9 Å². The van der Waals surface area contributed by atoms with Crippen molar-refractivity contribution in [2.75, 3.05) is 5.73 Å². The number of nitrogen functional groups attached to an aromatic ring is 1. The molecule has 0 aliphatic heterocycles. The molecular formula is C26H25N5O. The minimum absolute atomic E-state index is 0.127. The Morgan fingerprint density at radius 3 is 2.53 bits per heavy atom. The molecule has 6 nitrogen and oxygen atoms in total. The van der Waals surface area contributed by atoms with Crippen LogP contribution in [-0.2, 0) is 12.8 Å². The number of rotatable bonds is 7. The van der Waals surface area contributed by atoms with E-state index in [2.05, 4.69) is 39.0 Å². The number of Topliss-reactive ketones (excluding diaryl/α,β-unsaturated/α-hetero) is 1. The van der Waals surface area contributed by atoms with Crippen molar-refractivity contribution in [3.8, 4) is 22.4 Å². The van der Waals surface area contributed by atoms with Gasteiger partial charge < -0.3 is 5.73 Å². The molecule has 32 heavy (non-hydrogen) atoms. The predicted molar refractivity (Wildman–Crippen MR) is 126 cm³/mol. The lowest BCUT2D eigenvalue weighted by atomic mass is 9.97. The summed E-state index contributed by atoms with van der Waals surface area (Å²) in [6.45, 7) is 4.09. The number of aromatic nitrogens is 4. The van der Waals surface area contributed by atoms with Crippen molar-refractivity contribution in [2.45, 2.75) is 33.1 Å². The average Bonchev–Trinajstić information content (AvgIpc) is 2.80. The van der Waals surface area contributed by atoms with E-state index < -0.39 is 0 Å². The van der Waals surface area contributed by atoms with Crippen LogP contribution in [0.1, 0.15) is 40.7 Å². The van der Waals surface area contributed by atoms with Crippen LogP contribution in [0.5, 0.6) is 0 Å². The number of carbonyl (C=O) groups is 1. The Morgan fingerprint density at radius 1 is 0.969 bits per heavy atom. The molecule has 3 heterocycles. The van der Waals surface area contributed by atoms with Crippen LogP contribution in [0, 0.1) is 6.92 Å². The van der Waals surface area contributed by atoms with E-state index >= 15 is 0 Å². The first-order valence-electron chi connectivity index (χ1n) is 10.7. The van der Waals surface area contributed by atoms with Gasteiger partial charge >= 0.3 is 0 Å². The average molecular weight is 424 g/mol. The van der Waals surface area contributed by atoms with Crippen LogP contribution in [0.4, 0.5) is 5.82 Å². The largest absolute Gasteiger partial charge is 0.382 e. The molecular weight excluding hydrogens is 398 g/mol. The lowest BCUT2D eigenvalue weighted by Crippen LogP contribution is -2.12. The Morgan fingerprint density at radius 2 is 1.78 bits per heavy atom. The van der Waals surface area contributed by atoms with Crippen LogP contribution in [0.15, 0.2) is 67.3 Å². The first kappa shape index (κ1) is 21.3. The fourth-order valence-corrected chi connectivity index (χ4v) is 3.69. The summed E-state index contributed by atoms with van der Waals surface area (Å²) in [5.41, 5.74) is 12.7. The maximum Gasteiger partial charge on any atom is 0.189 e. The summed E-state index contributed by atoms with van der Waals surface area (Å²) in [6.07, 6.45) is 9.05. The van der Waals surface area contributed by atoms with Gasteiger partial charge in [-0.1, -0.05) is 37.6 Å². The number of hydrogen-bond acceptors (Lipinski definition) is 6. The topological polar surface area (TPSA) is 94.7 Å². The third-order valence-electron chi connectivity index (χ3n) is 5.32. The Balaban J connectivity index is 1.63. The number of anilines is 1. The third-order valence-corrected chi connectivity index (χ3v) is 5.32. The van der Waals surface area contributed by atoms with Gasteiger partial charge in [0.2, 0.25) is 0 Å². The molecule has 0 amide bonds. The number of aryl methyl sites for hydroxylation is 2. The van der Waals surface area contributed by atoms with Gasteiger partial charge in [-0.2, -0.15) is 0 Å². The molecule has 4 rings (SSSR count). The lowest BCUT2D eigenvalue weighted by molar-refractivity contribution is 0.0989. The van der Waals surface area contributed by atoms with Gasteiger partial charge in [0.15, 0.2) is 11.6 Å². The van der Waals surface area contributed by atoms with Gasteiger partial charge in [0.25, 0.3) is 0 Å². The molecule has 0 unspecified atom stereocenters. The van der Waals surface area contributed by atoms with E-state index in [1.807, 2.05) is 37.3 Å². The van der Waals surface area contributed by atoms with Crippen LogP contribution in [-0.4, -0.2) is 25.7 Å². The highest BCUT2D eigenvalue weighted by atomic mass is 16.1. The fraction of sp³-hybridized carbons (Fsp3) is 0.192. The number of hydrogen-bond donors (Lipinski definition) is 1. The van der Waals surface area contributed by atoms with Crippen LogP contribution in [0.2, 0.25) is 0 Å². The van der Waals surface area contributed by atoms with Crippen LogP contribution in [0.3, 0.4) is 0 Å². The van der Waals surface area contributed by atoms with E-state index in [9.17, 15) is 4.79 Å². The van der Waals surface area contributed by atoms with Crippen LogP contribution in [0.25, 0.3) is 22.4 Å². The Kier molecular flexibility index (Phi) is 6.31. The SMILES string of the molecule is CCCc1ccc(-c2cnc(N)c(C(=O)Cc3cnccc3-c3ccnc(C)c3)n2)cc1. The molecule has 3 aromatic heterocycles. The van der Waals surface area contributed by atoms with Gasteiger partial charge in [-0.3, -0.25) is 14.8 Å². The van der Waals surface area contributed by atoms with Gasteiger partial charge in [-0.05, 0) is 53.8 Å². The zero-order valence-corrected chi connectivity index (χ0v) is 18.2. The van der Waals surface area contributed by atoms with Crippen molar-refractivity contribution in [3.63, 3.8) is 0 Å². The molecule has 4 aromatic rings. The first-order valence-corrected chi connectivity index (χ1v) is 10.7. The van der Waals surface area contributed by atoms with Gasteiger partial charge in [-0.15, -0.1) is 0 Å². The van der Waals surface area contributed by atoms with E-state index in [4.69, 9.17) is 5.73 Å². The summed E-state index contributed by atoms with van der Waals surface area (Å²) in [5.74, 6) is -0.0639. The molecule has 1 aromatic carbocycles. The van der Waals surface area contributed by atoms with Gasteiger partial charge in [0, 0.05) is 36.3 Å². The number of nitrogens with zero attached hydrogens (tertiary/aromatic N) is 4. The molecule has 6 heteroatoms. The van der Waals surface area contributed by atoms with E-state index in [1.165, 1.54) is 5.56 Å². The summed E-state index contributed by atoms with van der Waals surface area (Å²) in [7, 11) is 0. The molecule has 0 saturated heterocycles. The number of ketones is 1. The molecule has 0 radical (unpaired) electrons. The minimum Gasteiger partial charge on any atom is -0.382 e. The van der Waals surface area contributed by atoms with E-state index in [0.717, 1.165) is 40.8 Å². The number of nitrogens with two attached hydrogens (primary N) is 1. The third kappa shape index (κ3) is 4.70. The van der Waals surface area contributed by atoms with E-state index in [0.29, 0.717) is 5.69 Å². The number of pyridine rings is 2. The van der Waals surface area contributed by atoms with Crippen molar-refractivity contribution in [1.29, 1.82) is 0 Å². The number of benzene rings is 1. The highest BCUT2D eigenvalue weighted by molar-refractivity contribution is 6.00. The normalized spacial score (nSPS) is 10.8. The molecule has 0 fully saturated rings. The summed E-state index contributed by atoms with van der Waals surface area (Å²) < 4.78 is 0. The second kappa shape index (κ2) is 9.47. The molecule has 0 aliphatic carbocycles. The smallest absolute Gasteiger partial charge is 0.189 e. The maximum absolute atomic E-state index is 13.2. The Hall–Kier alpha value is -3.93. The summed E-state index contributed by atoms with van der Waals surface area (Å²) >= 11 is 0. The Labute approximate surface area is 187 Å². The number of carbonyl (C=O) groups excluding carboxylic acids is 1. The monoisotopic (exact) mass is 423 g/mol. The molecule has 0 saturated carbocycles. The highest BCUT2D eigenvalue weighted by Gasteiger charge is 2.18. The molecule has 2 N–H and O–H groups in total. The highest BCUT2D eigenvalue weighted by Crippen LogP contribution is 2.25. The van der Waals surface area contributed by atoms with E-state index in [1.54, 1.807) is 24.8 Å². The van der Waals surface area contributed by atoms with Crippen molar-refractivity contribution in [1.82, 2.24) is 19.9 Å². The van der Waals surface area contributed by atoms with Crippen molar-refractivity contribution < 1.29 is 4.79 Å². The summed E-state index contributed by atoms with van der Waals surface area (Å²) in [5, 5.41) is 0. The molecule has 160 valence electrons. The minimum atomic E-state index is -0.195. The summed E-state index contributed by atoms with van der Waals surface area (Å²) in [6, 6.07) is 14.0. The summed E-state index contributed by atoms with van der Waals surface area (Å²) in [4.78, 5) is 30.5. The molecule has 0 bridgehead atoms. The quantitative estimate of drug-likeness (QED) is 0.426. The van der Waals surface area contributed by atoms with Crippen molar-refractivity contribution in [3.05, 3.63) is 89.8 Å². The fourth-order valence-electron chi connectivity index (χ4n) is 3.69. The Bertz CT molecular complexity index is 1250. The van der Waals surface area contributed by atoms with Crippen LogP contribution >= 0.6 is 0 Å². The first-order chi connectivity index (χ1) is 15.5. The molecule has 0 atom stereocenters. The van der Waals surface area contributed by atoms with Crippen LogP contribution < -0.4 is 5.73 Å². The lowest BCUT2D eigenvalue weighted by Gasteiger charge is -2.11. The second-order valence-electron chi connectivity index (χ2n) is 7.75. The molecule has 0 spiro atoms. The van der Waals surface area contributed by atoms with Crippen molar-refractivity contribution >= 4 is 11.6 Å². The molecule has 0 aliphatic rings. The second-order valence-corrected chi connectivity index (χ2v) is 7.75. The predicted octanol–water partition coefficient (Wildman–Crippen LogP) is 4.87. The van der Waals surface area contributed by atoms with Crippen molar-refractivity contribution in [2.24, 2.45) is 0 Å². The zero-order chi connectivity index (χ0) is 22.5.